The monoisotopic (exact) mass is 1250 g/mol. The molecule has 0 spiro atoms. The second-order valence-corrected chi connectivity index (χ2v) is 19.5. The van der Waals surface area contributed by atoms with Crippen molar-refractivity contribution in [3.05, 3.63) is 238 Å². The fourth-order valence-electron chi connectivity index (χ4n) is 9.85. The number of pyridine rings is 1. The summed E-state index contributed by atoms with van der Waals surface area (Å²) >= 11 is 0. The number of hydrogen-bond acceptors (Lipinski definition) is 2. The van der Waals surface area contributed by atoms with Crippen LogP contribution in [-0.2, 0) is 56.0 Å². The zero-order chi connectivity index (χ0) is 64.3. The summed E-state index contributed by atoms with van der Waals surface area (Å²) in [6.45, 7) is 0.589. The molecule has 1 aromatic heterocycles. The number of aromatic nitrogens is 1. The molecule has 2 aliphatic rings. The maximum Gasteiger partial charge on any atom is 0.416 e. The first-order chi connectivity index (χ1) is 40.0. The average Bonchev–Trinajstić information content (AvgIpc) is 1.03. The first kappa shape index (κ1) is 64.3. The highest BCUT2D eigenvalue weighted by atomic mass is 19.4. The molecule has 2 aliphatic carbocycles. The third kappa shape index (κ3) is 14.3. The molecule has 6 aromatic carbocycles. The number of para-hydroxylation sites is 1. The molecule has 0 amide bonds. The lowest BCUT2D eigenvalue weighted by Gasteiger charge is -2.46. The number of fused-ring (bicyclic) bond motifs is 2. The van der Waals surface area contributed by atoms with E-state index in [4.69, 9.17) is 4.74 Å². The summed E-state index contributed by atoms with van der Waals surface area (Å²) in [5.41, 5.74) is -25.5. The van der Waals surface area contributed by atoms with Crippen molar-refractivity contribution >= 4 is 44.9 Å². The third-order valence-corrected chi connectivity index (χ3v) is 13.7. The molecule has 7 aromatic rings. The van der Waals surface area contributed by atoms with Crippen molar-refractivity contribution in [3.63, 3.8) is 0 Å². The van der Waals surface area contributed by atoms with Crippen molar-refractivity contribution in [1.29, 1.82) is 0 Å². The zero-order valence-electron chi connectivity index (χ0n) is 42.9. The number of hydrogen-bond donors (Lipinski definition) is 0. The predicted molar refractivity (Wildman–Crippen MR) is 268 cm³/mol. The standard InChI is InChI=1S/C32H12BF24.C27H20NO2/c34-25(35,36)13-1-14(26(37,38)39)6-21(5-13)33(22-7-15(27(40,41)42)2-16(8-22)28(43,44)45,23-9-17(29(46,47)48)3-18(10-23)30(49,50)51)24-11-19(31(52,53)54)4-20(12-24)32(55,56)57;29-27(30-24-17-22-12-5-2-6-13-23(22)18-24)26-16-15-21-11-7-8-14-25(21)28(26)19-20-9-3-1-4-10-20/h1-12H;1-18H,19H2/q-1;+1. The Morgan fingerprint density at radius 1 is 0.333 bits per heavy atom. The van der Waals surface area contributed by atoms with Gasteiger partial charge in [-0.15, -0.1) is 0 Å². The molecule has 0 saturated carbocycles. The van der Waals surface area contributed by atoms with Gasteiger partial charge in [0.05, 0.1) is 44.5 Å². The molecule has 1 heterocycles. The van der Waals surface area contributed by atoms with Gasteiger partial charge in [0, 0.05) is 23.1 Å². The number of carbonyl (C=O) groups excluding carboxylic acids is 1. The molecule has 0 N–H and O–H groups in total. The van der Waals surface area contributed by atoms with Crippen molar-refractivity contribution in [2.45, 2.75) is 56.0 Å². The van der Waals surface area contributed by atoms with E-state index >= 15 is 0 Å². The Morgan fingerprint density at radius 3 is 0.931 bits per heavy atom. The Balaban J connectivity index is 0.000000271. The van der Waals surface area contributed by atoms with E-state index in [0.29, 0.717) is 18.0 Å². The van der Waals surface area contributed by atoms with Gasteiger partial charge in [-0.3, -0.25) is 0 Å². The molecule has 456 valence electrons. The van der Waals surface area contributed by atoms with Gasteiger partial charge < -0.3 is 4.74 Å². The van der Waals surface area contributed by atoms with Crippen LogP contribution in [0.15, 0.2) is 182 Å². The van der Waals surface area contributed by atoms with E-state index in [9.17, 15) is 110 Å². The largest absolute Gasteiger partial charge is 0.419 e. The maximum atomic E-state index is 14.2. The first-order valence-corrected chi connectivity index (χ1v) is 24.6. The summed E-state index contributed by atoms with van der Waals surface area (Å²) in [6.07, 6.45) is -54.8. The highest BCUT2D eigenvalue weighted by molar-refractivity contribution is 7.20. The lowest BCUT2D eigenvalue weighted by atomic mass is 9.12. The quantitative estimate of drug-likeness (QED) is 0.0657. The molecule has 0 unspecified atom stereocenters. The number of alkyl halides is 24. The van der Waals surface area contributed by atoms with E-state index in [0.717, 1.165) is 27.6 Å². The lowest BCUT2D eigenvalue weighted by molar-refractivity contribution is -0.664. The Labute approximate surface area is 473 Å². The van der Waals surface area contributed by atoms with Crippen LogP contribution in [0.2, 0.25) is 0 Å². The predicted octanol–water partition coefficient (Wildman–Crippen LogP) is 16.7. The van der Waals surface area contributed by atoms with Gasteiger partial charge in [-0.25, -0.2) is 4.79 Å². The van der Waals surface area contributed by atoms with E-state index < -0.39 is 195 Å². The second-order valence-electron chi connectivity index (χ2n) is 19.5. The van der Waals surface area contributed by atoms with Gasteiger partial charge in [0.25, 0.3) is 5.69 Å². The van der Waals surface area contributed by atoms with Crippen LogP contribution in [0, 0.1) is 0 Å². The average molecular weight is 1250 g/mol. The molecule has 3 nitrogen and oxygen atoms in total. The van der Waals surface area contributed by atoms with Gasteiger partial charge in [-0.1, -0.05) is 121 Å². The van der Waals surface area contributed by atoms with E-state index in [1.54, 1.807) is 0 Å². The number of carbonyl (C=O) groups is 1. The highest BCUT2D eigenvalue weighted by Gasteiger charge is 2.47. The number of rotatable bonds is 8. The van der Waals surface area contributed by atoms with Crippen molar-refractivity contribution in [3.8, 4) is 16.9 Å². The molecular formula is C59H32BF24NO2. The van der Waals surface area contributed by atoms with Crippen LogP contribution in [0.4, 0.5) is 105 Å². The van der Waals surface area contributed by atoms with E-state index in [1.807, 2.05) is 95.6 Å². The van der Waals surface area contributed by atoms with Crippen molar-refractivity contribution in [1.82, 2.24) is 0 Å². The van der Waals surface area contributed by atoms with Gasteiger partial charge in [-0.05, 0) is 59.7 Å². The summed E-state index contributed by atoms with van der Waals surface area (Å²) in [6, 6.07) is 27.0. The van der Waals surface area contributed by atoms with Crippen molar-refractivity contribution in [2.75, 3.05) is 0 Å². The lowest BCUT2D eigenvalue weighted by Crippen LogP contribution is -2.75. The highest BCUT2D eigenvalue weighted by Crippen LogP contribution is 2.42. The molecule has 0 fully saturated rings. The Hall–Kier alpha value is -8.72. The molecule has 0 bridgehead atoms. The molecule has 0 atom stereocenters. The minimum absolute atomic E-state index is 0.364. The Bertz CT molecular complexity index is 3500. The molecule has 0 saturated heterocycles. The van der Waals surface area contributed by atoms with Crippen LogP contribution in [0.25, 0.3) is 22.0 Å². The minimum Gasteiger partial charge on any atom is -0.419 e. The van der Waals surface area contributed by atoms with Crippen LogP contribution in [0.3, 0.4) is 0 Å². The molecule has 28 heteroatoms. The Morgan fingerprint density at radius 2 is 0.621 bits per heavy atom. The summed E-state index contributed by atoms with van der Waals surface area (Å²) in [4.78, 5) is 13.2. The van der Waals surface area contributed by atoms with Crippen LogP contribution < -0.4 is 31.2 Å². The van der Waals surface area contributed by atoms with Crippen molar-refractivity contribution < 1.29 is 119 Å². The second kappa shape index (κ2) is 22.9. The summed E-state index contributed by atoms with van der Waals surface area (Å²) < 4.78 is 349. The molecule has 9 rings (SSSR count). The molecule has 0 radical (unpaired) electrons. The van der Waals surface area contributed by atoms with Gasteiger partial charge in [0.2, 0.25) is 5.52 Å². The normalized spacial score (nSPS) is 13.1. The SMILES string of the molecule is FC(F)(F)c1cc([B-](c2cc(C(F)(F)F)cc(C(F)(F)F)c2)(c2cc(C(F)(F)F)cc(C(F)(F)F)c2)c2cc(C(F)(F)F)cc(C(F)(F)F)c2)cc(C(F)(F)F)c1.O=C(Oc1cc2cccccc-2c1)c1ccc2ccccc2[n+]1Cc1ccccc1. The maximum absolute atomic E-state index is 14.2. The number of halogens is 24. The number of benzene rings is 6. The summed E-state index contributed by atoms with van der Waals surface area (Å²) in [5, 5.41) is 1.08. The van der Waals surface area contributed by atoms with Gasteiger partial charge in [-0.2, -0.15) is 132 Å². The minimum atomic E-state index is -6.13. The van der Waals surface area contributed by atoms with Gasteiger partial charge in [0.1, 0.15) is 11.9 Å². The van der Waals surface area contributed by atoms with Crippen LogP contribution in [-0.4, -0.2) is 12.1 Å². The van der Waals surface area contributed by atoms with Crippen LogP contribution >= 0.6 is 0 Å². The molecular weight excluding hydrogens is 1220 g/mol. The van der Waals surface area contributed by atoms with E-state index in [-0.39, 0.29) is 5.97 Å². The van der Waals surface area contributed by atoms with Gasteiger partial charge >= 0.3 is 55.4 Å². The van der Waals surface area contributed by atoms with Crippen molar-refractivity contribution in [2.24, 2.45) is 0 Å². The number of nitrogens with zero attached hydrogens (tertiary/aromatic N) is 1. The molecule has 87 heavy (non-hydrogen) atoms. The molecule has 0 aliphatic heterocycles. The van der Waals surface area contributed by atoms with E-state index in [1.165, 1.54) is 0 Å². The third-order valence-electron chi connectivity index (χ3n) is 13.7. The van der Waals surface area contributed by atoms with Crippen LogP contribution in [0.5, 0.6) is 5.75 Å². The Kier molecular flexibility index (Phi) is 16.9. The first-order valence-electron chi connectivity index (χ1n) is 24.6. The smallest absolute Gasteiger partial charge is 0.416 e. The fourth-order valence-corrected chi connectivity index (χ4v) is 9.85. The van der Waals surface area contributed by atoms with Crippen LogP contribution in [0.1, 0.15) is 60.6 Å². The summed E-state index contributed by atoms with van der Waals surface area (Å²) in [7, 11) is 0. The fraction of sp³-hybridized carbons (Fsp3) is 0.153. The van der Waals surface area contributed by atoms with Gasteiger partial charge in [0.15, 0.2) is 6.54 Å². The zero-order valence-corrected chi connectivity index (χ0v) is 42.9. The number of esters is 1. The summed E-state index contributed by atoms with van der Waals surface area (Å²) in [5.74, 6) is 0.192. The topological polar surface area (TPSA) is 30.2 Å². The van der Waals surface area contributed by atoms with E-state index in [2.05, 4.69) is 18.2 Å². The number of ether oxygens (including phenoxy) is 1.